The van der Waals surface area contributed by atoms with E-state index in [1.54, 1.807) is 0 Å². The number of nitrogens with two attached hydrogens (primary N) is 1. The zero-order valence-electron chi connectivity index (χ0n) is 9.75. The fourth-order valence-corrected chi connectivity index (χ4v) is 1.26. The molecule has 1 aromatic rings. The highest BCUT2D eigenvalue weighted by Crippen LogP contribution is 2.18. The van der Waals surface area contributed by atoms with Crippen LogP contribution in [0.2, 0.25) is 0 Å². The molecule has 0 aliphatic rings. The fourth-order valence-electron chi connectivity index (χ4n) is 1.26. The molecule has 1 rings (SSSR count). The lowest BCUT2D eigenvalue weighted by Crippen LogP contribution is -2.22. The summed E-state index contributed by atoms with van der Waals surface area (Å²) in [4.78, 5) is 10.6. The first-order valence-electron chi connectivity index (χ1n) is 5.33. The number of carbonyl (C=O) groups is 1. The largest absolute Gasteiger partial charge is 0.494 e. The van der Waals surface area contributed by atoms with Gasteiger partial charge in [-0.2, -0.15) is 0 Å². The molecule has 16 heavy (non-hydrogen) atoms. The van der Waals surface area contributed by atoms with Crippen LogP contribution in [-0.2, 0) is 4.79 Å². The number of amides is 1. The molecule has 1 aromatic carbocycles. The summed E-state index contributed by atoms with van der Waals surface area (Å²) in [5.74, 6) is 0.804. The molecule has 0 unspecified atom stereocenters. The molecule has 1 amide bonds. The number of hydrogen-bond donors (Lipinski definition) is 2. The molecule has 0 saturated heterocycles. The van der Waals surface area contributed by atoms with E-state index >= 15 is 0 Å². The SMILES string of the molecule is CC(=O)NCCCOc1ccc(N)c(C)c1. The summed E-state index contributed by atoms with van der Waals surface area (Å²) >= 11 is 0. The first kappa shape index (κ1) is 12.4. The average molecular weight is 222 g/mol. The predicted molar refractivity (Wildman–Crippen MR) is 64.4 cm³/mol. The van der Waals surface area contributed by atoms with E-state index in [2.05, 4.69) is 5.32 Å². The number of carbonyl (C=O) groups excluding carboxylic acids is 1. The minimum atomic E-state index is -0.0108. The Balaban J connectivity index is 2.27. The quantitative estimate of drug-likeness (QED) is 0.586. The van der Waals surface area contributed by atoms with E-state index in [1.807, 2.05) is 25.1 Å². The van der Waals surface area contributed by atoms with Crippen LogP contribution in [0.15, 0.2) is 18.2 Å². The maximum Gasteiger partial charge on any atom is 0.216 e. The number of benzene rings is 1. The summed E-state index contributed by atoms with van der Waals surface area (Å²) in [5.41, 5.74) is 7.48. The van der Waals surface area contributed by atoms with Gasteiger partial charge in [0, 0.05) is 19.2 Å². The lowest BCUT2D eigenvalue weighted by molar-refractivity contribution is -0.118. The standard InChI is InChI=1S/C12H18N2O2/c1-9-8-11(4-5-12(9)13)16-7-3-6-14-10(2)15/h4-5,8H,3,6-7,13H2,1-2H3,(H,14,15). The van der Waals surface area contributed by atoms with Gasteiger partial charge in [0.05, 0.1) is 6.61 Å². The van der Waals surface area contributed by atoms with Crippen molar-refractivity contribution in [1.29, 1.82) is 0 Å². The number of aryl methyl sites for hydroxylation is 1. The Morgan fingerprint density at radius 3 is 2.88 bits per heavy atom. The second-order valence-electron chi connectivity index (χ2n) is 3.70. The first-order valence-corrected chi connectivity index (χ1v) is 5.33. The Bertz CT molecular complexity index is 364. The van der Waals surface area contributed by atoms with E-state index in [9.17, 15) is 4.79 Å². The molecule has 0 saturated carbocycles. The third-order valence-electron chi connectivity index (χ3n) is 2.21. The topological polar surface area (TPSA) is 64.3 Å². The van der Waals surface area contributed by atoms with E-state index in [0.29, 0.717) is 13.2 Å². The van der Waals surface area contributed by atoms with Crippen LogP contribution in [0.1, 0.15) is 18.9 Å². The average Bonchev–Trinajstić information content (AvgIpc) is 2.22. The normalized spacial score (nSPS) is 9.88. The molecule has 0 aliphatic heterocycles. The van der Waals surface area contributed by atoms with Gasteiger partial charge >= 0.3 is 0 Å². The Labute approximate surface area is 95.8 Å². The molecule has 0 radical (unpaired) electrons. The highest BCUT2D eigenvalue weighted by atomic mass is 16.5. The number of ether oxygens (including phenoxy) is 1. The van der Waals surface area contributed by atoms with Crippen LogP contribution in [0.3, 0.4) is 0 Å². The Morgan fingerprint density at radius 2 is 2.25 bits per heavy atom. The molecular weight excluding hydrogens is 204 g/mol. The Morgan fingerprint density at radius 1 is 1.50 bits per heavy atom. The number of anilines is 1. The molecule has 0 atom stereocenters. The minimum Gasteiger partial charge on any atom is -0.494 e. The summed E-state index contributed by atoms with van der Waals surface area (Å²) in [6.45, 7) is 4.68. The van der Waals surface area contributed by atoms with Crippen molar-refractivity contribution in [3.8, 4) is 5.75 Å². The fraction of sp³-hybridized carbons (Fsp3) is 0.417. The summed E-state index contributed by atoms with van der Waals surface area (Å²) in [5, 5.41) is 2.71. The molecule has 0 heterocycles. The number of hydrogen-bond acceptors (Lipinski definition) is 3. The van der Waals surface area contributed by atoms with Crippen molar-refractivity contribution in [2.24, 2.45) is 0 Å². The number of nitrogens with one attached hydrogen (secondary N) is 1. The van der Waals surface area contributed by atoms with Gasteiger partial charge in [0.2, 0.25) is 5.91 Å². The smallest absolute Gasteiger partial charge is 0.216 e. The molecule has 88 valence electrons. The van der Waals surface area contributed by atoms with Crippen LogP contribution in [0.4, 0.5) is 5.69 Å². The molecule has 0 fully saturated rings. The van der Waals surface area contributed by atoms with Crippen molar-refractivity contribution in [3.05, 3.63) is 23.8 Å². The Hall–Kier alpha value is -1.71. The third-order valence-corrected chi connectivity index (χ3v) is 2.21. The lowest BCUT2D eigenvalue weighted by atomic mass is 10.2. The van der Waals surface area contributed by atoms with Crippen LogP contribution in [0.25, 0.3) is 0 Å². The zero-order chi connectivity index (χ0) is 12.0. The first-order chi connectivity index (χ1) is 7.59. The van der Waals surface area contributed by atoms with Gasteiger partial charge in [0.1, 0.15) is 5.75 Å². The third kappa shape index (κ3) is 4.21. The van der Waals surface area contributed by atoms with Crippen molar-refractivity contribution in [3.63, 3.8) is 0 Å². The van der Waals surface area contributed by atoms with Crippen LogP contribution < -0.4 is 15.8 Å². The maximum atomic E-state index is 10.6. The van der Waals surface area contributed by atoms with Crippen molar-refractivity contribution < 1.29 is 9.53 Å². The van der Waals surface area contributed by atoms with Gasteiger partial charge in [-0.1, -0.05) is 0 Å². The second-order valence-corrected chi connectivity index (χ2v) is 3.70. The highest BCUT2D eigenvalue weighted by molar-refractivity contribution is 5.72. The van der Waals surface area contributed by atoms with Crippen molar-refractivity contribution >= 4 is 11.6 Å². The number of rotatable bonds is 5. The molecule has 0 aromatic heterocycles. The van der Waals surface area contributed by atoms with Gasteiger partial charge < -0.3 is 15.8 Å². The van der Waals surface area contributed by atoms with E-state index in [0.717, 1.165) is 23.4 Å². The molecular formula is C12H18N2O2. The molecule has 0 spiro atoms. The predicted octanol–water partition coefficient (Wildman–Crippen LogP) is 1.48. The van der Waals surface area contributed by atoms with Crippen LogP contribution >= 0.6 is 0 Å². The summed E-state index contributed by atoms with van der Waals surface area (Å²) in [6, 6.07) is 5.59. The molecule has 0 bridgehead atoms. The second kappa shape index (κ2) is 6.00. The van der Waals surface area contributed by atoms with Gasteiger partial charge in [0.15, 0.2) is 0 Å². The highest BCUT2D eigenvalue weighted by Gasteiger charge is 1.97. The summed E-state index contributed by atoms with van der Waals surface area (Å²) in [6.07, 6.45) is 0.795. The van der Waals surface area contributed by atoms with E-state index in [4.69, 9.17) is 10.5 Å². The van der Waals surface area contributed by atoms with Gasteiger partial charge in [-0.25, -0.2) is 0 Å². The van der Waals surface area contributed by atoms with Crippen LogP contribution in [0.5, 0.6) is 5.75 Å². The van der Waals surface area contributed by atoms with Gasteiger partial charge in [0.25, 0.3) is 0 Å². The molecule has 0 aliphatic carbocycles. The van der Waals surface area contributed by atoms with E-state index < -0.39 is 0 Å². The van der Waals surface area contributed by atoms with Crippen molar-refractivity contribution in [1.82, 2.24) is 5.32 Å². The van der Waals surface area contributed by atoms with Crippen molar-refractivity contribution in [2.45, 2.75) is 20.3 Å². The van der Waals surface area contributed by atoms with Gasteiger partial charge in [-0.05, 0) is 37.1 Å². The van der Waals surface area contributed by atoms with Crippen LogP contribution in [-0.4, -0.2) is 19.1 Å². The maximum absolute atomic E-state index is 10.6. The molecule has 3 N–H and O–H groups in total. The van der Waals surface area contributed by atoms with Crippen molar-refractivity contribution in [2.75, 3.05) is 18.9 Å². The van der Waals surface area contributed by atoms with E-state index in [1.165, 1.54) is 6.92 Å². The van der Waals surface area contributed by atoms with Crippen LogP contribution in [0, 0.1) is 6.92 Å². The monoisotopic (exact) mass is 222 g/mol. The molecule has 4 heteroatoms. The van der Waals surface area contributed by atoms with E-state index in [-0.39, 0.29) is 5.91 Å². The summed E-state index contributed by atoms with van der Waals surface area (Å²) in [7, 11) is 0. The van der Waals surface area contributed by atoms with Gasteiger partial charge in [-0.15, -0.1) is 0 Å². The van der Waals surface area contributed by atoms with Gasteiger partial charge in [-0.3, -0.25) is 4.79 Å². The number of nitrogen functional groups attached to an aromatic ring is 1. The lowest BCUT2D eigenvalue weighted by Gasteiger charge is -2.08. The summed E-state index contributed by atoms with van der Waals surface area (Å²) < 4.78 is 5.52. The minimum absolute atomic E-state index is 0.0108. The zero-order valence-corrected chi connectivity index (χ0v) is 9.75. The molecule has 4 nitrogen and oxygen atoms in total. The Kier molecular flexibility index (Phi) is 4.64.